The molecule has 2 aromatic carbocycles. The molecular formula is C21H23N3O. The molecule has 3 aromatic rings. The summed E-state index contributed by atoms with van der Waals surface area (Å²) in [5, 5.41) is 1.25. The summed E-state index contributed by atoms with van der Waals surface area (Å²) in [4.78, 5) is 7.03. The number of para-hydroxylation sites is 1. The summed E-state index contributed by atoms with van der Waals surface area (Å²) in [5.74, 6) is 0. The molecule has 1 aromatic heterocycles. The minimum Gasteiger partial charge on any atom is -0.378 e. The number of fused-ring (bicyclic) bond motifs is 1. The van der Waals surface area contributed by atoms with Crippen LogP contribution in [0.2, 0.25) is 0 Å². The van der Waals surface area contributed by atoms with Crippen molar-refractivity contribution in [1.29, 1.82) is 0 Å². The van der Waals surface area contributed by atoms with Gasteiger partial charge in [0, 0.05) is 54.2 Å². The van der Waals surface area contributed by atoms with E-state index in [4.69, 9.17) is 4.74 Å². The molecule has 0 aliphatic carbocycles. The van der Waals surface area contributed by atoms with Gasteiger partial charge in [0.25, 0.3) is 0 Å². The van der Waals surface area contributed by atoms with E-state index in [2.05, 4.69) is 76.1 Å². The smallest absolute Gasteiger partial charge is 0.0642 e. The normalized spacial score (nSPS) is 15.3. The predicted molar refractivity (Wildman–Crippen MR) is 104 cm³/mol. The molecule has 1 aliphatic heterocycles. The van der Waals surface area contributed by atoms with E-state index in [0.29, 0.717) is 0 Å². The van der Waals surface area contributed by atoms with E-state index in [9.17, 15) is 0 Å². The van der Waals surface area contributed by atoms with Crippen molar-refractivity contribution in [3.8, 4) is 0 Å². The minimum absolute atomic E-state index is 0.807. The molecule has 1 fully saturated rings. The van der Waals surface area contributed by atoms with Crippen molar-refractivity contribution in [2.24, 2.45) is 4.99 Å². The third kappa shape index (κ3) is 3.30. The van der Waals surface area contributed by atoms with Crippen LogP contribution >= 0.6 is 0 Å². The summed E-state index contributed by atoms with van der Waals surface area (Å²) in [5.41, 5.74) is 4.64. The number of hydrogen-bond acceptors (Lipinski definition) is 3. The number of anilines is 1. The van der Waals surface area contributed by atoms with Gasteiger partial charge in [-0.15, -0.1) is 0 Å². The number of rotatable bonds is 4. The maximum Gasteiger partial charge on any atom is 0.0642 e. The Labute approximate surface area is 148 Å². The molecule has 0 amide bonds. The summed E-state index contributed by atoms with van der Waals surface area (Å²) >= 11 is 0. The van der Waals surface area contributed by atoms with Crippen LogP contribution < -0.4 is 4.90 Å². The molecular weight excluding hydrogens is 310 g/mol. The Hall–Kier alpha value is -2.59. The van der Waals surface area contributed by atoms with Crippen LogP contribution in [0.3, 0.4) is 0 Å². The molecule has 4 nitrogen and oxygen atoms in total. The second-order valence-electron chi connectivity index (χ2n) is 6.26. The summed E-state index contributed by atoms with van der Waals surface area (Å²) in [6.07, 6.45) is 4.15. The van der Waals surface area contributed by atoms with E-state index >= 15 is 0 Å². The third-order valence-corrected chi connectivity index (χ3v) is 4.74. The largest absolute Gasteiger partial charge is 0.378 e. The lowest BCUT2D eigenvalue weighted by atomic mass is 10.2. The highest BCUT2D eigenvalue weighted by atomic mass is 16.5. The van der Waals surface area contributed by atoms with Crippen LogP contribution in [0.25, 0.3) is 10.9 Å². The van der Waals surface area contributed by atoms with Crippen LogP contribution in [-0.4, -0.2) is 37.1 Å². The first-order valence-electron chi connectivity index (χ1n) is 8.90. The van der Waals surface area contributed by atoms with Crippen molar-refractivity contribution < 1.29 is 4.74 Å². The van der Waals surface area contributed by atoms with Gasteiger partial charge in [-0.2, -0.15) is 0 Å². The van der Waals surface area contributed by atoms with Crippen molar-refractivity contribution in [3.63, 3.8) is 0 Å². The molecule has 1 aliphatic rings. The lowest BCUT2D eigenvalue weighted by Gasteiger charge is -2.28. The zero-order valence-corrected chi connectivity index (χ0v) is 14.6. The second-order valence-corrected chi connectivity index (χ2v) is 6.26. The molecule has 128 valence electrons. The van der Waals surface area contributed by atoms with Gasteiger partial charge in [-0.25, -0.2) is 0 Å². The fraction of sp³-hybridized carbons (Fsp3) is 0.286. The molecule has 0 unspecified atom stereocenters. The van der Waals surface area contributed by atoms with Crippen molar-refractivity contribution in [2.45, 2.75) is 13.5 Å². The highest BCUT2D eigenvalue weighted by Crippen LogP contribution is 2.23. The SMILES string of the molecule is CCn1cc(C=Nc2ccc(N3CCOCC3)cc2)c2ccccc21. The number of ether oxygens (including phenoxy) is 1. The quantitative estimate of drug-likeness (QED) is 0.668. The summed E-state index contributed by atoms with van der Waals surface area (Å²) < 4.78 is 7.67. The van der Waals surface area contributed by atoms with Gasteiger partial charge in [0.2, 0.25) is 0 Å². The molecule has 0 atom stereocenters. The zero-order chi connectivity index (χ0) is 17.1. The molecule has 0 N–H and O–H groups in total. The number of aryl methyl sites for hydroxylation is 1. The van der Waals surface area contributed by atoms with Crippen LogP contribution in [0.5, 0.6) is 0 Å². The molecule has 4 rings (SSSR count). The maximum absolute atomic E-state index is 5.41. The van der Waals surface area contributed by atoms with Gasteiger partial charge >= 0.3 is 0 Å². The lowest BCUT2D eigenvalue weighted by Crippen LogP contribution is -2.36. The van der Waals surface area contributed by atoms with Crippen molar-refractivity contribution in [2.75, 3.05) is 31.2 Å². The minimum atomic E-state index is 0.807. The predicted octanol–water partition coefficient (Wildman–Crippen LogP) is 4.25. The molecule has 1 saturated heterocycles. The number of morpholine rings is 1. The van der Waals surface area contributed by atoms with Gasteiger partial charge in [0.1, 0.15) is 0 Å². The van der Waals surface area contributed by atoms with Crippen molar-refractivity contribution >= 4 is 28.5 Å². The first-order chi connectivity index (χ1) is 12.3. The topological polar surface area (TPSA) is 29.8 Å². The standard InChI is InChI=1S/C21H23N3O/c1-2-23-16-17(20-5-3-4-6-21(20)23)15-22-18-7-9-19(10-8-18)24-11-13-25-14-12-24/h3-10,15-16H,2,11-14H2,1H3. The number of hydrogen-bond donors (Lipinski definition) is 0. The first kappa shape index (κ1) is 15.9. The Bertz CT molecular complexity index is 874. The number of benzene rings is 2. The summed E-state index contributed by atoms with van der Waals surface area (Å²) in [7, 11) is 0. The Morgan fingerprint density at radius 1 is 1.04 bits per heavy atom. The Balaban J connectivity index is 1.56. The van der Waals surface area contributed by atoms with Crippen LogP contribution in [0, 0.1) is 0 Å². The molecule has 0 spiro atoms. The Morgan fingerprint density at radius 2 is 1.80 bits per heavy atom. The van der Waals surface area contributed by atoms with E-state index in [1.165, 1.54) is 16.6 Å². The monoisotopic (exact) mass is 333 g/mol. The van der Waals surface area contributed by atoms with E-state index in [1.807, 2.05) is 6.21 Å². The van der Waals surface area contributed by atoms with E-state index < -0.39 is 0 Å². The number of nitrogens with zero attached hydrogens (tertiary/aromatic N) is 3. The van der Waals surface area contributed by atoms with Crippen molar-refractivity contribution in [1.82, 2.24) is 4.57 Å². The van der Waals surface area contributed by atoms with Gasteiger partial charge in [-0.3, -0.25) is 4.99 Å². The number of aromatic nitrogens is 1. The molecule has 0 saturated carbocycles. The lowest BCUT2D eigenvalue weighted by molar-refractivity contribution is 0.122. The van der Waals surface area contributed by atoms with E-state index in [0.717, 1.165) is 44.1 Å². The van der Waals surface area contributed by atoms with Gasteiger partial charge in [0.15, 0.2) is 0 Å². The average molecular weight is 333 g/mol. The molecule has 0 radical (unpaired) electrons. The second kappa shape index (κ2) is 7.11. The Kier molecular flexibility index (Phi) is 4.53. The van der Waals surface area contributed by atoms with Gasteiger partial charge < -0.3 is 14.2 Å². The van der Waals surface area contributed by atoms with Crippen molar-refractivity contribution in [3.05, 3.63) is 60.3 Å². The van der Waals surface area contributed by atoms with Crippen LogP contribution in [0.15, 0.2) is 59.7 Å². The van der Waals surface area contributed by atoms with Gasteiger partial charge in [0.05, 0.1) is 18.9 Å². The van der Waals surface area contributed by atoms with E-state index in [-0.39, 0.29) is 0 Å². The zero-order valence-electron chi connectivity index (χ0n) is 14.6. The van der Waals surface area contributed by atoms with Gasteiger partial charge in [-0.05, 0) is 37.3 Å². The Morgan fingerprint density at radius 3 is 2.56 bits per heavy atom. The maximum atomic E-state index is 5.41. The van der Waals surface area contributed by atoms with Gasteiger partial charge in [-0.1, -0.05) is 18.2 Å². The average Bonchev–Trinajstić information content (AvgIpc) is 3.05. The third-order valence-electron chi connectivity index (χ3n) is 4.74. The molecule has 0 bridgehead atoms. The summed E-state index contributed by atoms with van der Waals surface area (Å²) in [6.45, 7) is 6.65. The molecule has 4 heteroatoms. The molecule has 2 heterocycles. The van der Waals surface area contributed by atoms with Crippen LogP contribution in [0.1, 0.15) is 12.5 Å². The fourth-order valence-corrected chi connectivity index (χ4v) is 3.35. The fourth-order valence-electron chi connectivity index (χ4n) is 3.35. The number of aliphatic imine (C=N–C) groups is 1. The highest BCUT2D eigenvalue weighted by Gasteiger charge is 2.10. The summed E-state index contributed by atoms with van der Waals surface area (Å²) in [6, 6.07) is 16.9. The van der Waals surface area contributed by atoms with Crippen LogP contribution in [-0.2, 0) is 11.3 Å². The van der Waals surface area contributed by atoms with Crippen LogP contribution in [0.4, 0.5) is 11.4 Å². The molecule has 25 heavy (non-hydrogen) atoms. The highest BCUT2D eigenvalue weighted by molar-refractivity contribution is 6.00. The first-order valence-corrected chi connectivity index (χ1v) is 8.90. The van der Waals surface area contributed by atoms with E-state index in [1.54, 1.807) is 0 Å².